The fourth-order valence-electron chi connectivity index (χ4n) is 2.24. The second-order valence-electron chi connectivity index (χ2n) is 5.46. The van der Waals surface area contributed by atoms with Crippen molar-refractivity contribution < 1.29 is 14.4 Å². The number of carbonyl (C=O) groups is 3. The van der Waals surface area contributed by atoms with Crippen molar-refractivity contribution in [2.24, 2.45) is 5.41 Å². The molecule has 18 heavy (non-hydrogen) atoms. The Labute approximate surface area is 106 Å². The Morgan fingerprint density at radius 1 is 1.33 bits per heavy atom. The zero-order valence-corrected chi connectivity index (χ0v) is 11.0. The van der Waals surface area contributed by atoms with Crippen molar-refractivity contribution in [3.63, 3.8) is 0 Å². The summed E-state index contributed by atoms with van der Waals surface area (Å²) in [6, 6.07) is -0.765. The van der Waals surface area contributed by atoms with E-state index in [1.807, 2.05) is 25.9 Å². The van der Waals surface area contributed by atoms with Gasteiger partial charge in [0.25, 0.3) is 0 Å². The standard InChI is InChI=1S/C12H19N3O3/c1-8(4-7-14(2)3)15-10(17)12(5-6-12)9(16)13-11(15)18/h8H,4-7H2,1-3H3,(H,13,16,18). The maximum Gasteiger partial charge on any atom is 0.331 e. The van der Waals surface area contributed by atoms with Gasteiger partial charge < -0.3 is 4.90 Å². The molecule has 1 spiro atoms. The molecule has 1 aliphatic carbocycles. The van der Waals surface area contributed by atoms with E-state index in [2.05, 4.69) is 5.32 Å². The van der Waals surface area contributed by atoms with Crippen molar-refractivity contribution in [3.05, 3.63) is 0 Å². The molecule has 1 N–H and O–H groups in total. The highest BCUT2D eigenvalue weighted by Crippen LogP contribution is 2.49. The van der Waals surface area contributed by atoms with Gasteiger partial charge in [0.15, 0.2) is 0 Å². The van der Waals surface area contributed by atoms with Crippen molar-refractivity contribution in [1.29, 1.82) is 0 Å². The van der Waals surface area contributed by atoms with E-state index in [9.17, 15) is 14.4 Å². The molecular formula is C12H19N3O3. The highest BCUT2D eigenvalue weighted by Gasteiger charge is 2.62. The van der Waals surface area contributed by atoms with Crippen LogP contribution < -0.4 is 5.32 Å². The Bertz CT molecular complexity index is 401. The number of imide groups is 2. The lowest BCUT2D eigenvalue weighted by Crippen LogP contribution is -2.61. The smallest absolute Gasteiger partial charge is 0.309 e. The first-order valence-electron chi connectivity index (χ1n) is 6.22. The minimum absolute atomic E-state index is 0.189. The molecular weight excluding hydrogens is 234 g/mol. The van der Waals surface area contributed by atoms with Crippen LogP contribution >= 0.6 is 0 Å². The van der Waals surface area contributed by atoms with Gasteiger partial charge in [-0.15, -0.1) is 0 Å². The molecule has 2 rings (SSSR count). The second-order valence-corrected chi connectivity index (χ2v) is 5.46. The zero-order valence-electron chi connectivity index (χ0n) is 11.0. The van der Waals surface area contributed by atoms with Gasteiger partial charge in [0.05, 0.1) is 0 Å². The van der Waals surface area contributed by atoms with E-state index in [0.29, 0.717) is 19.3 Å². The number of hydrogen-bond acceptors (Lipinski definition) is 4. The summed E-state index contributed by atoms with van der Waals surface area (Å²) in [6.07, 6.45) is 1.82. The Balaban J connectivity index is 2.09. The van der Waals surface area contributed by atoms with Gasteiger partial charge in [0.1, 0.15) is 5.41 Å². The Hall–Kier alpha value is -1.43. The van der Waals surface area contributed by atoms with Crippen LogP contribution in [0.5, 0.6) is 0 Å². The number of nitrogens with zero attached hydrogens (tertiary/aromatic N) is 2. The largest absolute Gasteiger partial charge is 0.331 e. The average molecular weight is 253 g/mol. The summed E-state index contributed by atoms with van der Waals surface area (Å²) in [7, 11) is 3.88. The summed E-state index contributed by atoms with van der Waals surface area (Å²) >= 11 is 0. The molecule has 100 valence electrons. The average Bonchev–Trinajstić information content (AvgIpc) is 3.05. The predicted molar refractivity (Wildman–Crippen MR) is 64.7 cm³/mol. The normalized spacial score (nSPS) is 23.6. The second kappa shape index (κ2) is 4.35. The SMILES string of the molecule is CC(CCN(C)C)N1C(=O)NC(=O)C2(CC2)C1=O. The fraction of sp³-hybridized carbons (Fsp3) is 0.750. The molecule has 2 aliphatic rings. The summed E-state index contributed by atoms with van der Waals surface area (Å²) in [4.78, 5) is 38.9. The van der Waals surface area contributed by atoms with Gasteiger partial charge in [-0.2, -0.15) is 0 Å². The predicted octanol–water partition coefficient (Wildman–Crippen LogP) is 0.185. The Morgan fingerprint density at radius 2 is 1.94 bits per heavy atom. The van der Waals surface area contributed by atoms with E-state index in [1.165, 1.54) is 4.90 Å². The molecule has 1 saturated heterocycles. The van der Waals surface area contributed by atoms with E-state index in [1.54, 1.807) is 0 Å². The molecule has 1 saturated carbocycles. The van der Waals surface area contributed by atoms with Crippen molar-refractivity contribution in [2.75, 3.05) is 20.6 Å². The molecule has 0 bridgehead atoms. The van der Waals surface area contributed by atoms with E-state index in [4.69, 9.17) is 0 Å². The van der Waals surface area contributed by atoms with Gasteiger partial charge >= 0.3 is 6.03 Å². The van der Waals surface area contributed by atoms with E-state index >= 15 is 0 Å². The molecule has 6 heteroatoms. The molecule has 1 unspecified atom stereocenters. The lowest BCUT2D eigenvalue weighted by molar-refractivity contribution is -0.146. The van der Waals surface area contributed by atoms with Crippen LogP contribution in [0.3, 0.4) is 0 Å². The monoisotopic (exact) mass is 253 g/mol. The topological polar surface area (TPSA) is 69.7 Å². The van der Waals surface area contributed by atoms with Crippen LogP contribution in [0.4, 0.5) is 4.79 Å². The van der Waals surface area contributed by atoms with E-state index < -0.39 is 17.4 Å². The molecule has 1 atom stereocenters. The summed E-state index contributed by atoms with van der Waals surface area (Å²) in [5, 5.41) is 2.29. The molecule has 0 aromatic rings. The quantitative estimate of drug-likeness (QED) is 0.726. The van der Waals surface area contributed by atoms with Crippen LogP contribution in [0.2, 0.25) is 0 Å². The lowest BCUT2D eigenvalue weighted by atomic mass is 10.00. The van der Waals surface area contributed by atoms with Crippen molar-refractivity contribution in [1.82, 2.24) is 15.1 Å². The molecule has 2 fully saturated rings. The summed E-state index contributed by atoms with van der Waals surface area (Å²) in [5.41, 5.74) is -0.930. The first-order chi connectivity index (χ1) is 8.38. The third-order valence-corrected chi connectivity index (χ3v) is 3.69. The van der Waals surface area contributed by atoms with Crippen molar-refractivity contribution >= 4 is 17.8 Å². The van der Waals surface area contributed by atoms with Gasteiger partial charge in [-0.1, -0.05) is 0 Å². The number of hydrogen-bond donors (Lipinski definition) is 1. The van der Waals surface area contributed by atoms with Gasteiger partial charge in [-0.3, -0.25) is 19.8 Å². The Kier molecular flexibility index (Phi) is 3.14. The zero-order chi connectivity index (χ0) is 13.5. The third-order valence-electron chi connectivity index (χ3n) is 3.69. The molecule has 1 heterocycles. The molecule has 4 amide bonds. The van der Waals surface area contributed by atoms with Gasteiger partial charge in [0.2, 0.25) is 11.8 Å². The maximum absolute atomic E-state index is 12.2. The van der Waals surface area contributed by atoms with Crippen LogP contribution in [0, 0.1) is 5.41 Å². The lowest BCUT2D eigenvalue weighted by Gasteiger charge is -2.34. The van der Waals surface area contributed by atoms with E-state index in [-0.39, 0.29) is 11.9 Å². The molecule has 6 nitrogen and oxygen atoms in total. The molecule has 0 radical (unpaired) electrons. The summed E-state index contributed by atoms with van der Waals surface area (Å²) in [6.45, 7) is 2.63. The van der Waals surface area contributed by atoms with Crippen LogP contribution in [-0.2, 0) is 9.59 Å². The first kappa shape index (κ1) is 13.0. The minimum atomic E-state index is -0.930. The number of amides is 4. The molecule has 1 aliphatic heterocycles. The minimum Gasteiger partial charge on any atom is -0.309 e. The van der Waals surface area contributed by atoms with Crippen LogP contribution in [-0.4, -0.2) is 54.3 Å². The van der Waals surface area contributed by atoms with Gasteiger partial charge in [0, 0.05) is 6.04 Å². The molecule has 0 aromatic carbocycles. The van der Waals surface area contributed by atoms with Crippen molar-refractivity contribution in [3.8, 4) is 0 Å². The highest BCUT2D eigenvalue weighted by molar-refractivity contribution is 6.21. The molecule has 0 aromatic heterocycles. The number of urea groups is 1. The fourth-order valence-corrected chi connectivity index (χ4v) is 2.24. The summed E-state index contributed by atoms with van der Waals surface area (Å²) < 4.78 is 0. The summed E-state index contributed by atoms with van der Waals surface area (Å²) in [5.74, 6) is -0.740. The van der Waals surface area contributed by atoms with Gasteiger partial charge in [-0.05, 0) is 46.8 Å². The van der Waals surface area contributed by atoms with Crippen LogP contribution in [0.25, 0.3) is 0 Å². The maximum atomic E-state index is 12.2. The van der Waals surface area contributed by atoms with E-state index in [0.717, 1.165) is 6.54 Å². The number of carbonyl (C=O) groups excluding carboxylic acids is 3. The van der Waals surface area contributed by atoms with Crippen LogP contribution in [0.1, 0.15) is 26.2 Å². The third kappa shape index (κ3) is 2.01. The van der Waals surface area contributed by atoms with Crippen LogP contribution in [0.15, 0.2) is 0 Å². The van der Waals surface area contributed by atoms with Crippen molar-refractivity contribution in [2.45, 2.75) is 32.2 Å². The number of rotatable bonds is 4. The highest BCUT2D eigenvalue weighted by atomic mass is 16.2. The van der Waals surface area contributed by atoms with Gasteiger partial charge in [-0.25, -0.2) is 4.79 Å². The first-order valence-corrected chi connectivity index (χ1v) is 6.22. The Morgan fingerprint density at radius 3 is 2.44 bits per heavy atom. The number of barbiturate groups is 1. The number of nitrogens with one attached hydrogen (secondary N) is 1.